The van der Waals surface area contributed by atoms with Crippen LogP contribution in [0, 0.1) is 0 Å². The first-order chi connectivity index (χ1) is 15.7. The van der Waals surface area contributed by atoms with Gasteiger partial charge in [0.2, 0.25) is 0 Å². The van der Waals surface area contributed by atoms with Crippen molar-refractivity contribution >= 4 is 35.6 Å². The Morgan fingerprint density at radius 2 is 1.67 bits per heavy atom. The van der Waals surface area contributed by atoms with Crippen LogP contribution >= 0.6 is 24.0 Å². The van der Waals surface area contributed by atoms with Crippen LogP contribution in [0.3, 0.4) is 0 Å². The highest BCUT2D eigenvalue weighted by Gasteiger charge is 2.35. The Bertz CT molecular complexity index is 862. The first kappa shape index (κ1) is 25.6. The van der Waals surface area contributed by atoms with E-state index in [9.17, 15) is 0 Å². The van der Waals surface area contributed by atoms with Crippen molar-refractivity contribution in [2.24, 2.45) is 4.99 Å². The van der Waals surface area contributed by atoms with Crippen LogP contribution in [0.4, 0.5) is 5.69 Å². The van der Waals surface area contributed by atoms with Gasteiger partial charge in [-0.2, -0.15) is 0 Å². The molecule has 7 heteroatoms. The molecule has 0 unspecified atom stereocenters. The third-order valence-electron chi connectivity index (χ3n) is 6.72. The van der Waals surface area contributed by atoms with Gasteiger partial charge in [0.25, 0.3) is 0 Å². The van der Waals surface area contributed by atoms with E-state index in [1.54, 1.807) is 0 Å². The standard InChI is InChI=1S/C26H36N4O2.HI/c1-3-32-24-11-9-22(10-12-24)26(13-19-31-20-14-26)21-28-25(27-2)30-17-15-29(16-18-30)23-7-5-4-6-8-23;/h4-12H,3,13-21H2,1-2H3,(H,27,28);1H. The average molecular weight is 565 g/mol. The molecule has 2 saturated heterocycles. The smallest absolute Gasteiger partial charge is 0.193 e. The van der Waals surface area contributed by atoms with E-state index in [1.807, 2.05) is 14.0 Å². The Kier molecular flexibility index (Phi) is 9.67. The maximum absolute atomic E-state index is 5.71. The van der Waals surface area contributed by atoms with Gasteiger partial charge in [-0.05, 0) is 49.6 Å². The summed E-state index contributed by atoms with van der Waals surface area (Å²) >= 11 is 0. The zero-order valence-electron chi connectivity index (χ0n) is 19.8. The summed E-state index contributed by atoms with van der Waals surface area (Å²) in [7, 11) is 1.89. The molecule has 0 spiro atoms. The van der Waals surface area contributed by atoms with Gasteiger partial charge in [-0.1, -0.05) is 30.3 Å². The van der Waals surface area contributed by atoms with E-state index in [2.05, 4.69) is 74.7 Å². The van der Waals surface area contributed by atoms with E-state index < -0.39 is 0 Å². The molecule has 2 aliphatic rings. The van der Waals surface area contributed by atoms with Gasteiger partial charge in [0, 0.05) is 64.1 Å². The zero-order chi connectivity index (χ0) is 22.2. The number of nitrogens with zero attached hydrogens (tertiary/aromatic N) is 3. The van der Waals surface area contributed by atoms with E-state index in [4.69, 9.17) is 9.47 Å². The molecule has 2 fully saturated rings. The van der Waals surface area contributed by atoms with Gasteiger partial charge in [-0.3, -0.25) is 4.99 Å². The largest absolute Gasteiger partial charge is 0.494 e. The minimum absolute atomic E-state index is 0. The van der Waals surface area contributed by atoms with Crippen LogP contribution in [-0.4, -0.2) is 70.5 Å². The topological polar surface area (TPSA) is 49.3 Å². The lowest BCUT2D eigenvalue weighted by Gasteiger charge is -2.41. The molecule has 0 aliphatic carbocycles. The number of halogens is 1. The van der Waals surface area contributed by atoms with Gasteiger partial charge in [-0.25, -0.2) is 0 Å². The van der Waals surface area contributed by atoms with Gasteiger partial charge >= 0.3 is 0 Å². The summed E-state index contributed by atoms with van der Waals surface area (Å²) in [6.07, 6.45) is 2.01. The Hall–Kier alpha value is -2.00. The number of rotatable bonds is 6. The summed E-state index contributed by atoms with van der Waals surface area (Å²) in [5, 5.41) is 3.71. The van der Waals surface area contributed by atoms with Crippen LogP contribution in [0.2, 0.25) is 0 Å². The molecule has 4 rings (SSSR count). The monoisotopic (exact) mass is 564 g/mol. The van der Waals surface area contributed by atoms with Gasteiger partial charge in [0.05, 0.1) is 6.61 Å². The number of hydrogen-bond acceptors (Lipinski definition) is 4. The molecular formula is C26H37IN4O2. The molecule has 0 bridgehead atoms. The van der Waals surface area contributed by atoms with Crippen molar-refractivity contribution in [2.75, 3.05) is 64.5 Å². The Labute approximate surface area is 215 Å². The van der Waals surface area contributed by atoms with Crippen LogP contribution in [0.25, 0.3) is 0 Å². The third-order valence-corrected chi connectivity index (χ3v) is 6.72. The molecule has 0 radical (unpaired) electrons. The lowest BCUT2D eigenvalue weighted by Crippen LogP contribution is -2.55. The SMILES string of the molecule is CCOc1ccc(C2(CNC(=NC)N3CCN(c4ccccc4)CC3)CCOCC2)cc1.I. The number of aliphatic imine (C=N–C) groups is 1. The fraction of sp³-hybridized carbons (Fsp3) is 0.500. The summed E-state index contributed by atoms with van der Waals surface area (Å²) < 4.78 is 11.4. The molecule has 1 N–H and O–H groups in total. The molecule has 0 atom stereocenters. The van der Waals surface area contributed by atoms with E-state index in [-0.39, 0.29) is 29.4 Å². The highest BCUT2D eigenvalue weighted by atomic mass is 127. The first-order valence-electron chi connectivity index (χ1n) is 11.8. The molecule has 0 saturated carbocycles. The van der Waals surface area contributed by atoms with Gasteiger partial charge < -0.3 is 24.6 Å². The van der Waals surface area contributed by atoms with Crippen molar-refractivity contribution < 1.29 is 9.47 Å². The maximum atomic E-state index is 5.71. The van der Waals surface area contributed by atoms with Crippen molar-refractivity contribution in [1.82, 2.24) is 10.2 Å². The average Bonchev–Trinajstić information content (AvgIpc) is 2.86. The van der Waals surface area contributed by atoms with Crippen molar-refractivity contribution in [2.45, 2.75) is 25.2 Å². The molecule has 2 aromatic carbocycles. The number of piperazine rings is 1. The molecule has 2 aromatic rings. The van der Waals surface area contributed by atoms with E-state index in [0.29, 0.717) is 6.61 Å². The number of guanidine groups is 1. The number of ether oxygens (including phenoxy) is 2. The predicted octanol–water partition coefficient (Wildman–Crippen LogP) is 4.15. The Morgan fingerprint density at radius 1 is 1.00 bits per heavy atom. The molecule has 2 aliphatic heterocycles. The molecule has 6 nitrogen and oxygen atoms in total. The molecule has 2 heterocycles. The predicted molar refractivity (Wildman–Crippen MR) is 146 cm³/mol. The minimum atomic E-state index is 0. The maximum Gasteiger partial charge on any atom is 0.193 e. The van der Waals surface area contributed by atoms with Crippen LogP contribution in [0.1, 0.15) is 25.3 Å². The van der Waals surface area contributed by atoms with E-state index >= 15 is 0 Å². The second-order valence-corrected chi connectivity index (χ2v) is 8.56. The lowest BCUT2D eigenvalue weighted by molar-refractivity contribution is 0.0511. The normalized spacial score (nSPS) is 18.4. The highest BCUT2D eigenvalue weighted by molar-refractivity contribution is 14.0. The number of hydrogen-bond donors (Lipinski definition) is 1. The molecule has 0 amide bonds. The second kappa shape index (κ2) is 12.5. The van der Waals surface area contributed by atoms with Crippen molar-refractivity contribution in [1.29, 1.82) is 0 Å². The van der Waals surface area contributed by atoms with Crippen LogP contribution in [-0.2, 0) is 10.2 Å². The van der Waals surface area contributed by atoms with Crippen LogP contribution in [0.15, 0.2) is 59.6 Å². The summed E-state index contributed by atoms with van der Waals surface area (Å²) in [6, 6.07) is 19.3. The van der Waals surface area contributed by atoms with E-state index in [0.717, 1.165) is 70.5 Å². The molecular weight excluding hydrogens is 527 g/mol. The molecule has 180 valence electrons. The Morgan fingerprint density at radius 3 is 2.27 bits per heavy atom. The minimum Gasteiger partial charge on any atom is -0.494 e. The fourth-order valence-corrected chi connectivity index (χ4v) is 4.80. The van der Waals surface area contributed by atoms with Gasteiger partial charge in [0.1, 0.15) is 5.75 Å². The summed E-state index contributed by atoms with van der Waals surface area (Å²) in [6.45, 7) is 9.09. The number of para-hydroxylation sites is 1. The summed E-state index contributed by atoms with van der Waals surface area (Å²) in [5.74, 6) is 1.92. The first-order valence-corrected chi connectivity index (χ1v) is 11.8. The van der Waals surface area contributed by atoms with E-state index in [1.165, 1.54) is 11.3 Å². The van der Waals surface area contributed by atoms with Crippen molar-refractivity contribution in [3.63, 3.8) is 0 Å². The number of benzene rings is 2. The van der Waals surface area contributed by atoms with Crippen molar-refractivity contribution in [3.05, 3.63) is 60.2 Å². The zero-order valence-corrected chi connectivity index (χ0v) is 22.2. The third kappa shape index (κ3) is 6.32. The van der Waals surface area contributed by atoms with Crippen LogP contribution < -0.4 is 15.0 Å². The van der Waals surface area contributed by atoms with Crippen LogP contribution in [0.5, 0.6) is 5.75 Å². The quantitative estimate of drug-likeness (QED) is 0.325. The fourth-order valence-electron chi connectivity index (χ4n) is 4.80. The highest BCUT2D eigenvalue weighted by Crippen LogP contribution is 2.35. The lowest BCUT2D eigenvalue weighted by atomic mass is 9.74. The number of anilines is 1. The van der Waals surface area contributed by atoms with Gasteiger partial charge in [0.15, 0.2) is 5.96 Å². The molecule has 33 heavy (non-hydrogen) atoms. The number of nitrogens with one attached hydrogen (secondary N) is 1. The van der Waals surface area contributed by atoms with Gasteiger partial charge in [-0.15, -0.1) is 24.0 Å². The summed E-state index contributed by atoms with van der Waals surface area (Å²) in [5.41, 5.74) is 2.69. The summed E-state index contributed by atoms with van der Waals surface area (Å²) in [4.78, 5) is 9.45. The van der Waals surface area contributed by atoms with Crippen molar-refractivity contribution in [3.8, 4) is 5.75 Å². The Balaban J connectivity index is 0.00000306. The molecule has 0 aromatic heterocycles. The second-order valence-electron chi connectivity index (χ2n) is 8.56.